The lowest BCUT2D eigenvalue weighted by molar-refractivity contribution is -0.184. The van der Waals surface area contributed by atoms with Crippen LogP contribution in [0.4, 0.5) is 0 Å². The maximum Gasteiger partial charge on any atom is 0.521 e. The lowest BCUT2D eigenvalue weighted by Crippen LogP contribution is -2.44. The Morgan fingerprint density at radius 1 is 1.27 bits per heavy atom. The Labute approximate surface area is 211 Å². The number of nitrogens with zero attached hydrogens (tertiary/aromatic N) is 2. The van der Waals surface area contributed by atoms with Crippen molar-refractivity contribution < 1.29 is 34.3 Å². The van der Waals surface area contributed by atoms with Crippen LogP contribution >= 0.6 is 0 Å². The van der Waals surface area contributed by atoms with E-state index in [1.807, 2.05) is 24.3 Å². The zero-order chi connectivity index (χ0) is 25.9. The molecule has 3 aliphatic rings. The number of benzene rings is 1. The third-order valence-electron chi connectivity index (χ3n) is 7.46. The molecule has 0 radical (unpaired) electrons. The lowest BCUT2D eigenvalue weighted by Gasteiger charge is -2.28. The summed E-state index contributed by atoms with van der Waals surface area (Å²) in [4.78, 5) is 28.7. The summed E-state index contributed by atoms with van der Waals surface area (Å²) in [7, 11) is 0. The van der Waals surface area contributed by atoms with E-state index in [0.717, 1.165) is 16.5 Å². The molecule has 5 heterocycles. The molecule has 3 aromatic rings. The minimum atomic E-state index is -1.79. The molecule has 0 aliphatic carbocycles. The summed E-state index contributed by atoms with van der Waals surface area (Å²) in [6.45, 7) is 1.62. The Kier molecular flexibility index (Phi) is 5.74. The smallest absolute Gasteiger partial charge is 0.394 e. The molecule has 6 rings (SSSR count). The van der Waals surface area contributed by atoms with Crippen molar-refractivity contribution in [3.63, 3.8) is 0 Å². The first-order valence-electron chi connectivity index (χ1n) is 12.2. The van der Waals surface area contributed by atoms with E-state index < -0.39 is 30.1 Å². The van der Waals surface area contributed by atoms with Gasteiger partial charge in [0.15, 0.2) is 6.29 Å². The van der Waals surface area contributed by atoms with Crippen LogP contribution in [0.2, 0.25) is 0 Å². The Hall–Kier alpha value is -3.41. The van der Waals surface area contributed by atoms with Gasteiger partial charge in [-0.05, 0) is 30.2 Å². The van der Waals surface area contributed by atoms with Crippen molar-refractivity contribution in [3.05, 3.63) is 75.1 Å². The molecule has 0 unspecified atom stereocenters. The molecule has 0 bridgehead atoms. The molecule has 0 saturated carbocycles. The predicted molar refractivity (Wildman–Crippen MR) is 132 cm³/mol. The molecule has 37 heavy (non-hydrogen) atoms. The maximum absolute atomic E-state index is 13.5. The average molecular weight is 508 g/mol. The SMILES string of the molecule is CC[C@@]1(O)C(=[OH+])OCc2c1cc1n(c2=O)Cc2c-1nc1ccccc1c2CO[C@@H]1C=C[C@H](O)[C@@H](CO)O1. The number of hydrogen-bond donors (Lipinski definition) is 3. The van der Waals surface area contributed by atoms with Crippen molar-refractivity contribution in [2.24, 2.45) is 0 Å². The van der Waals surface area contributed by atoms with Crippen LogP contribution in [-0.2, 0) is 39.6 Å². The molecule has 3 aliphatic heterocycles. The highest BCUT2D eigenvalue weighted by Crippen LogP contribution is 2.40. The summed E-state index contributed by atoms with van der Waals surface area (Å²) in [6.07, 6.45) is 0.805. The van der Waals surface area contributed by atoms with Crippen molar-refractivity contribution in [2.75, 3.05) is 6.61 Å². The van der Waals surface area contributed by atoms with Crippen molar-refractivity contribution in [3.8, 4) is 11.4 Å². The quantitative estimate of drug-likeness (QED) is 0.208. The second-order valence-electron chi connectivity index (χ2n) is 9.47. The molecular weight excluding hydrogens is 480 g/mol. The summed E-state index contributed by atoms with van der Waals surface area (Å²) in [6, 6.07) is 9.31. The Bertz CT molecular complexity index is 1510. The Morgan fingerprint density at radius 2 is 2.08 bits per heavy atom. The first-order valence-corrected chi connectivity index (χ1v) is 12.2. The van der Waals surface area contributed by atoms with E-state index in [0.29, 0.717) is 28.0 Å². The van der Waals surface area contributed by atoms with Gasteiger partial charge >= 0.3 is 5.97 Å². The van der Waals surface area contributed by atoms with Crippen LogP contribution in [0.3, 0.4) is 0 Å². The fraction of sp³-hybridized carbons (Fsp3) is 0.370. The summed E-state index contributed by atoms with van der Waals surface area (Å²) in [5, 5.41) is 31.4. The van der Waals surface area contributed by atoms with Gasteiger partial charge in [0.2, 0.25) is 12.2 Å². The average Bonchev–Trinajstić information content (AvgIpc) is 3.28. The maximum atomic E-state index is 13.5. The van der Waals surface area contributed by atoms with E-state index in [9.17, 15) is 24.9 Å². The van der Waals surface area contributed by atoms with Crippen molar-refractivity contribution in [1.82, 2.24) is 9.55 Å². The van der Waals surface area contributed by atoms with Gasteiger partial charge in [-0.2, -0.15) is 0 Å². The van der Waals surface area contributed by atoms with E-state index in [4.69, 9.17) is 19.2 Å². The summed E-state index contributed by atoms with van der Waals surface area (Å²) < 4.78 is 18.6. The number of rotatable bonds is 5. The van der Waals surface area contributed by atoms with E-state index in [1.54, 1.807) is 23.6 Å². The van der Waals surface area contributed by atoms with Crippen molar-refractivity contribution >= 4 is 16.9 Å². The van der Waals surface area contributed by atoms with Crippen molar-refractivity contribution in [2.45, 2.75) is 57.2 Å². The monoisotopic (exact) mass is 507 g/mol. The third-order valence-corrected chi connectivity index (χ3v) is 7.46. The number of esters is 1. The molecule has 0 fully saturated rings. The van der Waals surface area contributed by atoms with Crippen LogP contribution in [0.25, 0.3) is 22.3 Å². The standard InChI is InChI=1S/C27H26N2O8/c1-2-27(34)18-9-20-24-15(10-29(20)25(32)17(18)13-36-26(27)33)16(14-5-3-4-6-19(14)28-24)12-35-23-8-7-21(31)22(11-30)37-23/h3-9,21-23,30-31,34H,2,10-13H2,1H3/p+1/t21-,22+,23-,27-/m0/s1. The van der Waals surface area contributed by atoms with E-state index in [-0.39, 0.29) is 38.3 Å². The van der Waals surface area contributed by atoms with Crippen LogP contribution in [0.5, 0.6) is 0 Å². The van der Waals surface area contributed by atoms with Crippen LogP contribution in [0, 0.1) is 0 Å². The zero-order valence-electron chi connectivity index (χ0n) is 20.1. The number of pyridine rings is 2. The van der Waals surface area contributed by atoms with E-state index >= 15 is 0 Å². The van der Waals surface area contributed by atoms with E-state index in [1.165, 1.54) is 6.08 Å². The molecule has 10 heteroatoms. The van der Waals surface area contributed by atoms with Crippen LogP contribution in [-0.4, -0.2) is 60.7 Å². The van der Waals surface area contributed by atoms with Crippen LogP contribution < -0.4 is 5.56 Å². The number of cyclic esters (lactones) is 1. The number of ether oxygens (including phenoxy) is 3. The molecule has 0 amide bonds. The topological polar surface area (TPSA) is 145 Å². The fourth-order valence-corrected chi connectivity index (χ4v) is 5.33. The van der Waals surface area contributed by atoms with Gasteiger partial charge in [0.05, 0.1) is 42.2 Å². The molecule has 2 aromatic heterocycles. The highest BCUT2D eigenvalue weighted by Gasteiger charge is 2.51. The first-order chi connectivity index (χ1) is 17.9. The first kappa shape index (κ1) is 24.0. The molecule has 192 valence electrons. The van der Waals surface area contributed by atoms with E-state index in [2.05, 4.69) is 0 Å². The predicted octanol–water partition coefficient (Wildman–Crippen LogP) is 1.21. The molecule has 4 N–H and O–H groups in total. The van der Waals surface area contributed by atoms with Gasteiger partial charge in [-0.15, -0.1) is 0 Å². The largest absolute Gasteiger partial charge is 0.521 e. The number of aliphatic hydroxyl groups is 3. The summed E-state index contributed by atoms with van der Waals surface area (Å²) >= 11 is 0. The van der Waals surface area contributed by atoms with Gasteiger partial charge in [-0.3, -0.25) is 4.79 Å². The van der Waals surface area contributed by atoms with Gasteiger partial charge in [0.25, 0.3) is 5.56 Å². The molecule has 0 saturated heterocycles. The van der Waals surface area contributed by atoms with Gasteiger partial charge in [0, 0.05) is 16.5 Å². The second-order valence-corrected chi connectivity index (χ2v) is 9.47. The fourth-order valence-electron chi connectivity index (χ4n) is 5.33. The van der Waals surface area contributed by atoms with Gasteiger partial charge in [-0.25, -0.2) is 4.98 Å². The van der Waals surface area contributed by atoms with Crippen molar-refractivity contribution in [1.29, 1.82) is 0 Å². The normalized spacial score (nSPS) is 26.1. The molecular formula is C27H27N2O8+. The Balaban J connectivity index is 1.46. The highest BCUT2D eigenvalue weighted by molar-refractivity contribution is 5.89. The summed E-state index contributed by atoms with van der Waals surface area (Å²) in [5.74, 6) is -0.516. The van der Waals surface area contributed by atoms with Crippen LogP contribution in [0.1, 0.15) is 35.6 Å². The van der Waals surface area contributed by atoms with Gasteiger partial charge < -0.3 is 38.9 Å². The summed E-state index contributed by atoms with van der Waals surface area (Å²) in [5.41, 5.74) is 2.04. The minimum Gasteiger partial charge on any atom is -0.394 e. The number of para-hydroxylation sites is 1. The number of aromatic nitrogens is 2. The number of hydrogen-bond acceptors (Lipinski definition) is 8. The molecule has 0 spiro atoms. The number of fused-ring (bicyclic) bond motifs is 5. The van der Waals surface area contributed by atoms with Crippen LogP contribution in [0.15, 0.2) is 47.3 Å². The number of aliphatic hydroxyl groups excluding tert-OH is 2. The highest BCUT2D eigenvalue weighted by atomic mass is 16.7. The minimum absolute atomic E-state index is 0.129. The third kappa shape index (κ3) is 3.64. The number of carbonyl (C=O) groups excluding carboxylic acids is 1. The molecule has 1 aromatic carbocycles. The van der Waals surface area contributed by atoms with Gasteiger partial charge in [0.1, 0.15) is 12.2 Å². The second kappa shape index (κ2) is 8.86. The molecule has 4 atom stereocenters. The van der Waals surface area contributed by atoms with Gasteiger partial charge in [-0.1, -0.05) is 31.2 Å². The lowest BCUT2D eigenvalue weighted by atomic mass is 9.86. The zero-order valence-corrected chi connectivity index (χ0v) is 20.1. The molecule has 10 nitrogen and oxygen atoms in total. The Morgan fingerprint density at radius 3 is 2.86 bits per heavy atom.